The number of fused-ring (bicyclic) bond motifs is 2. The molecule has 0 amide bonds. The van der Waals surface area contributed by atoms with Gasteiger partial charge in [-0.1, -0.05) is 13.8 Å². The average Bonchev–Trinajstić information content (AvgIpc) is 2.75. The lowest BCUT2D eigenvalue weighted by Crippen LogP contribution is -2.02. The lowest BCUT2D eigenvalue weighted by molar-refractivity contribution is 0.112. The predicted molar refractivity (Wildman–Crippen MR) is 122 cm³/mol. The van der Waals surface area contributed by atoms with Crippen LogP contribution in [0.15, 0.2) is 48.8 Å². The molecule has 0 aliphatic heterocycles. The molecular formula is C25H24O7. The highest BCUT2D eigenvalue weighted by molar-refractivity contribution is 5.99. The number of aryl methyl sites for hydroxylation is 4. The molecule has 2 aromatic carbocycles. The second-order valence-corrected chi connectivity index (χ2v) is 7.47. The van der Waals surface area contributed by atoms with E-state index in [9.17, 15) is 24.6 Å². The number of carbonyl (C=O) groups is 1. The summed E-state index contributed by atoms with van der Waals surface area (Å²) in [6.45, 7) is 7.42. The minimum Gasteiger partial charge on any atom is -0.508 e. The van der Waals surface area contributed by atoms with Crippen LogP contribution in [0.5, 0.6) is 11.5 Å². The Morgan fingerprint density at radius 3 is 1.97 bits per heavy atom. The smallest absolute Gasteiger partial charge is 0.336 e. The summed E-state index contributed by atoms with van der Waals surface area (Å²) in [6, 6.07) is 7.96. The summed E-state index contributed by atoms with van der Waals surface area (Å²) in [4.78, 5) is 33.6. The molecule has 2 aromatic heterocycles. The summed E-state index contributed by atoms with van der Waals surface area (Å²) in [6.07, 6.45) is 1.93. The highest BCUT2D eigenvalue weighted by Gasteiger charge is 2.15. The van der Waals surface area contributed by atoms with Crippen molar-refractivity contribution in [2.75, 3.05) is 0 Å². The molecule has 0 bridgehead atoms. The number of hydrogen-bond donors (Lipinski definition) is 2. The van der Waals surface area contributed by atoms with Gasteiger partial charge in [-0.25, -0.2) is 9.59 Å². The monoisotopic (exact) mass is 436 g/mol. The molecule has 0 atom stereocenters. The van der Waals surface area contributed by atoms with Crippen LogP contribution >= 0.6 is 0 Å². The molecule has 0 saturated carbocycles. The van der Waals surface area contributed by atoms with Crippen molar-refractivity contribution in [3.63, 3.8) is 0 Å². The summed E-state index contributed by atoms with van der Waals surface area (Å²) < 4.78 is 10.0. The van der Waals surface area contributed by atoms with Crippen LogP contribution in [0.25, 0.3) is 21.9 Å². The Morgan fingerprint density at radius 1 is 0.812 bits per heavy atom. The lowest BCUT2D eigenvalue weighted by atomic mass is 10.0. The van der Waals surface area contributed by atoms with Crippen LogP contribution in [-0.2, 0) is 12.8 Å². The topological polar surface area (TPSA) is 118 Å². The normalized spacial score (nSPS) is 10.8. The van der Waals surface area contributed by atoms with E-state index in [1.165, 1.54) is 18.2 Å². The van der Waals surface area contributed by atoms with Crippen LogP contribution in [0.4, 0.5) is 0 Å². The first kappa shape index (κ1) is 22.8. The van der Waals surface area contributed by atoms with Crippen LogP contribution in [0.2, 0.25) is 0 Å². The summed E-state index contributed by atoms with van der Waals surface area (Å²) >= 11 is 0. The van der Waals surface area contributed by atoms with E-state index in [-0.39, 0.29) is 28.3 Å². The first-order valence-corrected chi connectivity index (χ1v) is 10.2. The van der Waals surface area contributed by atoms with Crippen LogP contribution in [0.1, 0.15) is 46.5 Å². The van der Waals surface area contributed by atoms with Crippen molar-refractivity contribution in [3.05, 3.63) is 79.0 Å². The summed E-state index contributed by atoms with van der Waals surface area (Å²) in [7, 11) is 0. The summed E-state index contributed by atoms with van der Waals surface area (Å²) in [5.74, 6) is 0.0165. The molecule has 0 aliphatic carbocycles. The van der Waals surface area contributed by atoms with Crippen LogP contribution < -0.4 is 11.3 Å². The fourth-order valence-corrected chi connectivity index (χ4v) is 3.58. The van der Waals surface area contributed by atoms with Gasteiger partial charge < -0.3 is 19.0 Å². The van der Waals surface area contributed by atoms with Gasteiger partial charge in [-0.3, -0.25) is 4.79 Å². The third-order valence-corrected chi connectivity index (χ3v) is 5.35. The molecule has 2 heterocycles. The molecule has 7 heteroatoms. The minimum absolute atomic E-state index is 0.0346. The third kappa shape index (κ3) is 4.27. The van der Waals surface area contributed by atoms with Gasteiger partial charge in [0, 0.05) is 29.0 Å². The lowest BCUT2D eigenvalue weighted by Gasteiger charge is -2.08. The highest BCUT2D eigenvalue weighted by Crippen LogP contribution is 2.30. The Balaban J connectivity index is 0.000000182. The van der Waals surface area contributed by atoms with Gasteiger partial charge in [-0.05, 0) is 61.1 Å². The molecule has 7 nitrogen and oxygen atoms in total. The molecule has 0 aliphatic rings. The number of benzene rings is 2. The van der Waals surface area contributed by atoms with Gasteiger partial charge in [0.05, 0.1) is 5.56 Å². The molecular weight excluding hydrogens is 412 g/mol. The van der Waals surface area contributed by atoms with Gasteiger partial charge in [0.1, 0.15) is 17.1 Å². The van der Waals surface area contributed by atoms with Gasteiger partial charge in [-0.15, -0.1) is 0 Å². The summed E-state index contributed by atoms with van der Waals surface area (Å²) in [5.41, 5.74) is 2.88. The average molecular weight is 436 g/mol. The SMILES string of the molecule is CCc1cc(=O)oc2c(C=O)c(O)c(C)cc12.CCc1cc(=O)oc2cc(O)c(C)cc12. The van der Waals surface area contributed by atoms with E-state index in [1.54, 1.807) is 13.0 Å². The zero-order valence-electron chi connectivity index (χ0n) is 18.3. The van der Waals surface area contributed by atoms with E-state index in [1.807, 2.05) is 26.8 Å². The largest absolute Gasteiger partial charge is 0.508 e. The van der Waals surface area contributed by atoms with Crippen molar-refractivity contribution < 1.29 is 23.8 Å². The maximum absolute atomic E-state index is 11.4. The maximum Gasteiger partial charge on any atom is 0.336 e. The van der Waals surface area contributed by atoms with Crippen LogP contribution in [-0.4, -0.2) is 16.5 Å². The van der Waals surface area contributed by atoms with Gasteiger partial charge in [-0.2, -0.15) is 0 Å². The zero-order chi connectivity index (χ0) is 23.6. The highest BCUT2D eigenvalue weighted by atomic mass is 16.4. The Kier molecular flexibility index (Phi) is 6.48. The number of phenols is 2. The molecule has 0 radical (unpaired) electrons. The minimum atomic E-state index is -0.513. The Hall–Kier alpha value is -3.87. The first-order chi connectivity index (χ1) is 15.2. The number of aldehydes is 1. The Morgan fingerprint density at radius 2 is 1.38 bits per heavy atom. The molecule has 4 aromatic rings. The number of rotatable bonds is 3. The van der Waals surface area contributed by atoms with Gasteiger partial charge in [0.15, 0.2) is 11.9 Å². The van der Waals surface area contributed by atoms with Crippen molar-refractivity contribution in [1.29, 1.82) is 0 Å². The van der Waals surface area contributed by atoms with Crippen molar-refractivity contribution >= 4 is 28.2 Å². The van der Waals surface area contributed by atoms with Crippen LogP contribution in [0.3, 0.4) is 0 Å². The van der Waals surface area contributed by atoms with Crippen molar-refractivity contribution in [3.8, 4) is 11.5 Å². The van der Waals surface area contributed by atoms with Crippen LogP contribution in [0, 0.1) is 13.8 Å². The van der Waals surface area contributed by atoms with Gasteiger partial charge in [0.2, 0.25) is 0 Å². The van der Waals surface area contributed by atoms with Crippen molar-refractivity contribution in [2.24, 2.45) is 0 Å². The summed E-state index contributed by atoms with van der Waals surface area (Å²) in [5, 5.41) is 20.9. The Labute approximate surface area is 183 Å². The molecule has 0 spiro atoms. The second kappa shape index (κ2) is 9.09. The second-order valence-electron chi connectivity index (χ2n) is 7.47. The van der Waals surface area contributed by atoms with Gasteiger partial charge >= 0.3 is 11.3 Å². The van der Waals surface area contributed by atoms with Gasteiger partial charge in [0.25, 0.3) is 0 Å². The molecule has 4 rings (SSSR count). The molecule has 166 valence electrons. The molecule has 0 fully saturated rings. The van der Waals surface area contributed by atoms with E-state index in [0.717, 1.165) is 28.5 Å². The van der Waals surface area contributed by atoms with Crippen molar-refractivity contribution in [2.45, 2.75) is 40.5 Å². The zero-order valence-corrected chi connectivity index (χ0v) is 18.3. The number of hydrogen-bond acceptors (Lipinski definition) is 7. The van der Waals surface area contributed by atoms with E-state index in [0.29, 0.717) is 29.2 Å². The fourth-order valence-electron chi connectivity index (χ4n) is 3.58. The molecule has 2 N–H and O–H groups in total. The molecule has 32 heavy (non-hydrogen) atoms. The predicted octanol–water partition coefficient (Wildman–Crippen LogP) is 4.55. The van der Waals surface area contributed by atoms with Crippen molar-refractivity contribution in [1.82, 2.24) is 0 Å². The number of carbonyl (C=O) groups excluding carboxylic acids is 1. The fraction of sp³-hybridized carbons (Fsp3) is 0.240. The first-order valence-electron chi connectivity index (χ1n) is 10.2. The standard InChI is InChI=1S/C13H12O4.C12H12O3/c1-3-8-5-11(15)17-13-9(8)4-7(2)12(16)10(13)6-14;1-3-8-5-12(14)15-11-6-10(13)7(2)4-9(8)11/h4-6,16H,3H2,1-2H3;4-6,13H,3H2,1-2H3. The third-order valence-electron chi connectivity index (χ3n) is 5.35. The number of phenolic OH excluding ortho intramolecular Hbond substituents is 2. The quantitative estimate of drug-likeness (QED) is 0.357. The van der Waals surface area contributed by atoms with E-state index >= 15 is 0 Å². The number of aromatic hydroxyl groups is 2. The van der Waals surface area contributed by atoms with E-state index in [4.69, 9.17) is 8.83 Å². The molecule has 0 unspecified atom stereocenters. The molecule has 0 saturated heterocycles. The van der Waals surface area contributed by atoms with E-state index < -0.39 is 5.63 Å². The Bertz CT molecular complexity index is 1440. The maximum atomic E-state index is 11.4. The van der Waals surface area contributed by atoms with E-state index in [2.05, 4.69) is 0 Å².